The fraction of sp³-hybridized carbons (Fsp3) is 0.458. The number of alkyl halides is 6. The standard InChI is InChI=1S/C24H24Cl2F3NO.C13H15BrO.C11H10Cl2F3N/c1-15(10-22(31)17-2-3-17)16-4-6-21(7-5-16)30-9-8-23(14-30,24(27,28)29)18-11-19(25)13-20(26)12-18;1-9(8-13(15)11-2-3-11)10-4-6-12(14)7-5-10;12-8-3-7(4-9(13)5-8)10(11(14,15)16)1-2-17-6-10/h4-7,11-13,15,17H,2-3,8-10,14H2,1H3;4-7,9,11H,2-3,8H2,1H3;3-5,17H,1-2,6H2/t15-,23?;9-;/m11./s1. The quantitative estimate of drug-likeness (QED) is 0.152. The molecule has 0 radical (unpaired) electrons. The Kier molecular flexibility index (Phi) is 16.1. The van der Waals surface area contributed by atoms with E-state index >= 15 is 0 Å². The van der Waals surface area contributed by atoms with Crippen molar-refractivity contribution in [3.05, 3.63) is 132 Å². The molecule has 0 aromatic heterocycles. The third-order valence-electron chi connectivity index (χ3n) is 12.7. The van der Waals surface area contributed by atoms with Crippen LogP contribution in [0.15, 0.2) is 89.4 Å². The summed E-state index contributed by atoms with van der Waals surface area (Å²) in [5.74, 6) is 1.84. The van der Waals surface area contributed by atoms with Gasteiger partial charge in [-0.3, -0.25) is 9.59 Å². The van der Waals surface area contributed by atoms with E-state index in [-0.39, 0.29) is 75.5 Å². The minimum absolute atomic E-state index is 0.00711. The van der Waals surface area contributed by atoms with Crippen LogP contribution in [0, 0.1) is 11.8 Å². The topological polar surface area (TPSA) is 49.4 Å². The maximum Gasteiger partial charge on any atom is 0.400 e. The Bertz CT molecular complexity index is 2190. The lowest BCUT2D eigenvalue weighted by molar-refractivity contribution is -0.185. The number of Topliss-reactive ketones (excluding diaryl/α,β-unsaturated/α-hetero) is 2. The van der Waals surface area contributed by atoms with Gasteiger partial charge in [0.05, 0.1) is 0 Å². The van der Waals surface area contributed by atoms with E-state index in [0.717, 1.165) is 41.4 Å². The highest BCUT2D eigenvalue weighted by Crippen LogP contribution is 2.50. The van der Waals surface area contributed by atoms with Gasteiger partial charge in [-0.1, -0.05) is 100 Å². The smallest absolute Gasteiger partial charge is 0.370 e. The van der Waals surface area contributed by atoms with Crippen LogP contribution in [0.4, 0.5) is 32.0 Å². The molecule has 1 N–H and O–H groups in total. The zero-order valence-corrected chi connectivity index (χ0v) is 39.4. The van der Waals surface area contributed by atoms with Crippen LogP contribution < -0.4 is 10.2 Å². The van der Waals surface area contributed by atoms with E-state index in [0.29, 0.717) is 42.8 Å². The molecule has 2 unspecified atom stereocenters. The largest absolute Gasteiger partial charge is 0.400 e. The number of hydrogen-bond acceptors (Lipinski definition) is 4. The lowest BCUT2D eigenvalue weighted by atomic mass is 9.79. The molecule has 4 atom stereocenters. The maximum absolute atomic E-state index is 14.3. The van der Waals surface area contributed by atoms with Crippen molar-refractivity contribution in [3.63, 3.8) is 0 Å². The molecule has 0 amide bonds. The number of carbonyl (C=O) groups is 2. The van der Waals surface area contributed by atoms with Gasteiger partial charge in [-0.2, -0.15) is 26.3 Å². The molecule has 2 aliphatic carbocycles. The Morgan fingerprint density at radius 1 is 0.667 bits per heavy atom. The molecule has 63 heavy (non-hydrogen) atoms. The first-order valence-electron chi connectivity index (χ1n) is 21.0. The highest BCUT2D eigenvalue weighted by Gasteiger charge is 2.59. The summed E-state index contributed by atoms with van der Waals surface area (Å²) in [5, 5.41) is 3.60. The van der Waals surface area contributed by atoms with Crippen LogP contribution >= 0.6 is 62.3 Å². The Labute approximate surface area is 393 Å². The zero-order chi connectivity index (χ0) is 45.9. The zero-order valence-electron chi connectivity index (χ0n) is 34.8. The van der Waals surface area contributed by atoms with E-state index in [9.17, 15) is 35.9 Å². The Morgan fingerprint density at radius 3 is 1.46 bits per heavy atom. The van der Waals surface area contributed by atoms with Gasteiger partial charge in [0, 0.05) is 74.6 Å². The average Bonchev–Trinajstić information content (AvgIpc) is 4.14. The van der Waals surface area contributed by atoms with Gasteiger partial charge in [-0.05, 0) is 140 Å². The van der Waals surface area contributed by atoms with Crippen LogP contribution in [0.3, 0.4) is 0 Å². The molecule has 4 aromatic rings. The SMILES string of the molecule is C[C@H](CC(=O)C1CC1)c1ccc(Br)cc1.C[C@H](CC(=O)C1CC1)c1ccc(N2CCC(c3cc(Cl)cc(Cl)c3)(C(F)(F)F)C2)cc1.FC(F)(F)C1(c2cc(Cl)cc(Cl)c2)CCNC1. The summed E-state index contributed by atoms with van der Waals surface area (Å²) in [5.41, 5.74) is -0.640. The summed E-state index contributed by atoms with van der Waals surface area (Å²) in [6, 6.07) is 24.1. The summed E-state index contributed by atoms with van der Waals surface area (Å²) < 4.78 is 83.6. The van der Waals surface area contributed by atoms with Crippen molar-refractivity contribution in [1.82, 2.24) is 5.32 Å². The number of benzene rings is 4. The van der Waals surface area contributed by atoms with Crippen LogP contribution in [0.1, 0.15) is 99.3 Å². The van der Waals surface area contributed by atoms with Crippen molar-refractivity contribution < 1.29 is 35.9 Å². The van der Waals surface area contributed by atoms with Gasteiger partial charge in [0.15, 0.2) is 0 Å². The Balaban J connectivity index is 0.000000174. The lowest BCUT2D eigenvalue weighted by Crippen LogP contribution is -2.44. The summed E-state index contributed by atoms with van der Waals surface area (Å²) >= 11 is 27.0. The molecule has 15 heteroatoms. The van der Waals surface area contributed by atoms with Crippen LogP contribution in [0.5, 0.6) is 0 Å². The number of nitrogens with one attached hydrogen (secondary N) is 1. The van der Waals surface area contributed by atoms with E-state index in [1.165, 1.54) is 42.0 Å². The second-order valence-electron chi connectivity index (χ2n) is 17.4. The van der Waals surface area contributed by atoms with E-state index < -0.39 is 23.2 Å². The molecule has 2 heterocycles. The van der Waals surface area contributed by atoms with E-state index in [1.54, 1.807) is 4.90 Å². The summed E-state index contributed by atoms with van der Waals surface area (Å²) in [7, 11) is 0. The van der Waals surface area contributed by atoms with Gasteiger partial charge >= 0.3 is 12.4 Å². The van der Waals surface area contributed by atoms with Crippen molar-refractivity contribution >= 4 is 79.6 Å². The molecule has 4 nitrogen and oxygen atoms in total. The molecule has 4 aromatic carbocycles. The van der Waals surface area contributed by atoms with Crippen molar-refractivity contribution in [2.24, 2.45) is 11.8 Å². The number of ketones is 2. The van der Waals surface area contributed by atoms with Crippen molar-refractivity contribution in [2.75, 3.05) is 31.1 Å². The molecule has 2 saturated carbocycles. The molecule has 0 bridgehead atoms. The van der Waals surface area contributed by atoms with Gasteiger partial charge in [0.1, 0.15) is 22.4 Å². The van der Waals surface area contributed by atoms with Crippen molar-refractivity contribution in [1.29, 1.82) is 0 Å². The maximum atomic E-state index is 14.3. The minimum Gasteiger partial charge on any atom is -0.370 e. The lowest BCUT2D eigenvalue weighted by Gasteiger charge is -2.33. The second-order valence-corrected chi connectivity index (χ2v) is 20.1. The first-order valence-corrected chi connectivity index (χ1v) is 23.3. The molecule has 4 fully saturated rings. The third-order valence-corrected chi connectivity index (χ3v) is 14.1. The predicted molar refractivity (Wildman–Crippen MR) is 245 cm³/mol. The first kappa shape index (κ1) is 49.6. The number of halogens is 11. The first-order chi connectivity index (χ1) is 29.6. The molecule has 0 spiro atoms. The third kappa shape index (κ3) is 12.4. The summed E-state index contributed by atoms with van der Waals surface area (Å²) in [6.07, 6.45) is -3.37. The molecule has 2 aliphatic heterocycles. The number of hydrogen-bond donors (Lipinski definition) is 1. The highest BCUT2D eigenvalue weighted by atomic mass is 79.9. The molecular weight excluding hydrogens is 972 g/mol. The predicted octanol–water partition coefficient (Wildman–Crippen LogP) is 14.9. The van der Waals surface area contributed by atoms with Crippen molar-refractivity contribution in [2.45, 2.75) is 100 Å². The fourth-order valence-corrected chi connectivity index (χ4v) is 9.77. The number of anilines is 1. The van der Waals surface area contributed by atoms with E-state index in [4.69, 9.17) is 46.4 Å². The van der Waals surface area contributed by atoms with Crippen LogP contribution in [-0.2, 0) is 20.4 Å². The Hall–Kier alpha value is -2.80. The molecule has 8 rings (SSSR count). The number of carbonyl (C=O) groups excluding carboxylic acids is 2. The van der Waals surface area contributed by atoms with Crippen LogP contribution in [0.25, 0.3) is 0 Å². The Morgan fingerprint density at radius 2 is 1.08 bits per heavy atom. The van der Waals surface area contributed by atoms with E-state index in [2.05, 4.69) is 40.3 Å². The number of rotatable bonds is 11. The fourth-order valence-electron chi connectivity index (χ4n) is 8.45. The summed E-state index contributed by atoms with van der Waals surface area (Å²) in [4.78, 5) is 25.5. The number of nitrogens with zero attached hydrogens (tertiary/aromatic N) is 1. The van der Waals surface area contributed by atoms with Gasteiger partial charge in [0.2, 0.25) is 0 Å². The van der Waals surface area contributed by atoms with E-state index in [1.807, 2.05) is 43.3 Å². The normalized spacial score (nSPS) is 22.1. The van der Waals surface area contributed by atoms with Gasteiger partial charge in [0.25, 0.3) is 0 Å². The highest BCUT2D eigenvalue weighted by molar-refractivity contribution is 9.10. The molecular formula is C48H49BrCl4F6N2O2. The summed E-state index contributed by atoms with van der Waals surface area (Å²) in [6.45, 7) is 4.43. The monoisotopic (exact) mass is 1020 g/mol. The second kappa shape index (κ2) is 20.4. The van der Waals surface area contributed by atoms with Gasteiger partial charge < -0.3 is 10.2 Å². The molecule has 340 valence electrons. The van der Waals surface area contributed by atoms with Crippen LogP contribution in [0.2, 0.25) is 20.1 Å². The molecule has 4 aliphatic rings. The van der Waals surface area contributed by atoms with Crippen molar-refractivity contribution in [3.8, 4) is 0 Å². The van der Waals surface area contributed by atoms with Crippen LogP contribution in [-0.4, -0.2) is 50.1 Å². The average molecular weight is 1020 g/mol. The minimum atomic E-state index is -4.44. The van der Waals surface area contributed by atoms with Gasteiger partial charge in [-0.15, -0.1) is 0 Å². The molecule has 2 saturated heterocycles. The van der Waals surface area contributed by atoms with Gasteiger partial charge in [-0.25, -0.2) is 0 Å².